The van der Waals surface area contributed by atoms with Crippen LogP contribution in [0.2, 0.25) is 0 Å². The van der Waals surface area contributed by atoms with Crippen LogP contribution in [0.5, 0.6) is 0 Å². The third-order valence-corrected chi connectivity index (χ3v) is 3.83. The van der Waals surface area contributed by atoms with Crippen molar-refractivity contribution < 1.29 is 19.0 Å². The average Bonchev–Trinajstić information content (AvgIpc) is 2.35. The summed E-state index contributed by atoms with van der Waals surface area (Å²) in [5.41, 5.74) is 5.29. The van der Waals surface area contributed by atoms with Gasteiger partial charge in [-0.3, -0.25) is 0 Å². The first-order valence-corrected chi connectivity index (χ1v) is 9.79. The molecule has 7 heteroatoms. The van der Waals surface area contributed by atoms with Gasteiger partial charge in [-0.05, 0) is 18.8 Å². The molecule has 0 aromatic heterocycles. The van der Waals surface area contributed by atoms with Crippen molar-refractivity contribution in [2.75, 3.05) is 77.7 Å². The Labute approximate surface area is 124 Å². The van der Waals surface area contributed by atoms with Crippen LogP contribution in [0.4, 0.5) is 4.79 Å². The number of hydrogen-bond acceptors (Lipinski definition) is 5. The normalized spacial score (nSPS) is 12.2. The fourth-order valence-corrected chi connectivity index (χ4v) is 1.77. The maximum Gasteiger partial charge on any atom is 0.409 e. The highest BCUT2D eigenvalue weighted by Gasteiger charge is 2.11. The summed E-state index contributed by atoms with van der Waals surface area (Å²) in [4.78, 5) is 13.2. The molecule has 0 radical (unpaired) electrons. The zero-order valence-electron chi connectivity index (χ0n) is 13.2. The quantitative estimate of drug-likeness (QED) is 0.570. The van der Waals surface area contributed by atoms with E-state index in [0.29, 0.717) is 46.1 Å². The number of amides is 1. The minimum Gasteiger partial charge on any atom is -0.449 e. The highest BCUT2D eigenvalue weighted by Crippen LogP contribution is 2.33. The van der Waals surface area contributed by atoms with Crippen molar-refractivity contribution in [3.63, 3.8) is 0 Å². The fraction of sp³-hybridized carbons (Fsp3) is 0.923. The van der Waals surface area contributed by atoms with Crippen LogP contribution in [0.1, 0.15) is 0 Å². The second kappa shape index (κ2) is 11.2. The minimum absolute atomic E-state index is 0.295. The Bertz CT molecular complexity index is 259. The molecular weight excluding hydrogens is 280 g/mol. The topological polar surface area (TPSA) is 74.0 Å². The first-order chi connectivity index (χ1) is 9.37. The summed E-state index contributed by atoms with van der Waals surface area (Å²) in [5.74, 6) is 0.932. The summed E-state index contributed by atoms with van der Waals surface area (Å²) in [6.45, 7) is 3.57. The molecule has 1 amide bonds. The molecule has 0 saturated carbocycles. The summed E-state index contributed by atoms with van der Waals surface area (Å²) in [6, 6.07) is 0. The van der Waals surface area contributed by atoms with E-state index >= 15 is 0 Å². The molecule has 0 aliphatic rings. The van der Waals surface area contributed by atoms with Gasteiger partial charge in [-0.1, -0.05) is 0 Å². The van der Waals surface area contributed by atoms with E-state index in [0.717, 1.165) is 5.75 Å². The Morgan fingerprint density at radius 2 is 1.65 bits per heavy atom. The fourth-order valence-electron chi connectivity index (χ4n) is 1.19. The third-order valence-electron chi connectivity index (χ3n) is 2.44. The molecule has 0 aromatic rings. The molecule has 0 saturated heterocycles. The van der Waals surface area contributed by atoms with E-state index in [1.807, 2.05) is 0 Å². The van der Waals surface area contributed by atoms with Gasteiger partial charge in [-0.25, -0.2) is 14.8 Å². The van der Waals surface area contributed by atoms with Crippen molar-refractivity contribution in [2.45, 2.75) is 0 Å². The standard InChI is InChI=1S/C13H30N2O4S/c1-15(6-8-18-10-9-17-7-5-14)13(16)19-11-12-20(2,3)4/h5-12,14H2,1-4H3. The van der Waals surface area contributed by atoms with Gasteiger partial charge in [0.15, 0.2) is 0 Å². The van der Waals surface area contributed by atoms with Gasteiger partial charge >= 0.3 is 6.09 Å². The van der Waals surface area contributed by atoms with E-state index in [-0.39, 0.29) is 6.09 Å². The van der Waals surface area contributed by atoms with E-state index in [1.165, 1.54) is 4.90 Å². The average molecular weight is 310 g/mol. The molecule has 0 unspecified atom stereocenters. The van der Waals surface area contributed by atoms with Gasteiger partial charge < -0.3 is 24.8 Å². The second-order valence-corrected chi connectivity index (χ2v) is 9.93. The molecule has 0 heterocycles. The highest BCUT2D eigenvalue weighted by atomic mass is 32.3. The SMILES string of the molecule is CN(CCOCCOCCN)C(=O)OCCS(C)(C)C. The number of hydrogen-bond donors (Lipinski definition) is 1. The van der Waals surface area contributed by atoms with E-state index in [4.69, 9.17) is 19.9 Å². The van der Waals surface area contributed by atoms with Gasteiger partial charge in [0.2, 0.25) is 0 Å². The molecular formula is C13H30N2O4S. The van der Waals surface area contributed by atoms with Crippen LogP contribution in [0.25, 0.3) is 0 Å². The first-order valence-electron chi connectivity index (χ1n) is 6.76. The van der Waals surface area contributed by atoms with E-state index in [9.17, 15) is 4.79 Å². The van der Waals surface area contributed by atoms with E-state index < -0.39 is 10.0 Å². The third kappa shape index (κ3) is 12.5. The van der Waals surface area contributed by atoms with Crippen molar-refractivity contribution in [3.8, 4) is 0 Å². The molecule has 6 nitrogen and oxygen atoms in total. The molecule has 0 atom stereocenters. The Morgan fingerprint density at radius 3 is 2.20 bits per heavy atom. The Morgan fingerprint density at radius 1 is 1.05 bits per heavy atom. The van der Waals surface area contributed by atoms with Crippen molar-refractivity contribution in [1.29, 1.82) is 0 Å². The number of ether oxygens (including phenoxy) is 3. The summed E-state index contributed by atoms with van der Waals surface area (Å²) in [7, 11) is 1.09. The largest absolute Gasteiger partial charge is 0.449 e. The lowest BCUT2D eigenvalue weighted by atomic mass is 10.6. The lowest BCUT2D eigenvalue weighted by Gasteiger charge is -2.25. The van der Waals surface area contributed by atoms with Gasteiger partial charge in [-0.2, -0.15) is 0 Å². The molecule has 2 N–H and O–H groups in total. The highest BCUT2D eigenvalue weighted by molar-refractivity contribution is 8.32. The van der Waals surface area contributed by atoms with Crippen LogP contribution in [0, 0.1) is 0 Å². The molecule has 0 spiro atoms. The number of nitrogens with two attached hydrogens (primary N) is 1. The summed E-state index contributed by atoms with van der Waals surface area (Å²) in [5, 5.41) is 0. The van der Waals surface area contributed by atoms with E-state index in [2.05, 4.69) is 18.8 Å². The molecule has 0 bridgehead atoms. The molecule has 122 valence electrons. The number of likely N-dealkylation sites (N-methyl/N-ethyl adjacent to an activating group) is 1. The van der Waals surface area contributed by atoms with Crippen LogP contribution in [-0.2, 0) is 14.2 Å². The zero-order valence-corrected chi connectivity index (χ0v) is 14.0. The maximum atomic E-state index is 11.7. The number of carbonyl (C=O) groups is 1. The molecule has 0 aromatic carbocycles. The van der Waals surface area contributed by atoms with Crippen molar-refractivity contribution in [2.24, 2.45) is 5.73 Å². The van der Waals surface area contributed by atoms with Gasteiger partial charge in [0.25, 0.3) is 0 Å². The van der Waals surface area contributed by atoms with Crippen molar-refractivity contribution in [3.05, 3.63) is 0 Å². The minimum atomic E-state index is -0.621. The van der Waals surface area contributed by atoms with Crippen LogP contribution in [-0.4, -0.2) is 88.7 Å². The lowest BCUT2D eigenvalue weighted by molar-refractivity contribution is 0.0412. The number of carbonyl (C=O) groups excluding carboxylic acids is 1. The summed E-state index contributed by atoms with van der Waals surface area (Å²) in [6.07, 6.45) is 6.30. The predicted molar refractivity (Wildman–Crippen MR) is 84.9 cm³/mol. The second-order valence-electron chi connectivity index (χ2n) is 5.34. The maximum absolute atomic E-state index is 11.7. The van der Waals surface area contributed by atoms with Crippen LogP contribution in [0.3, 0.4) is 0 Å². The monoisotopic (exact) mass is 310 g/mol. The number of rotatable bonds is 11. The lowest BCUT2D eigenvalue weighted by Crippen LogP contribution is -2.31. The van der Waals surface area contributed by atoms with Crippen LogP contribution < -0.4 is 5.73 Å². The van der Waals surface area contributed by atoms with Crippen LogP contribution in [0.15, 0.2) is 0 Å². The predicted octanol–water partition coefficient (Wildman–Crippen LogP) is 0.741. The number of nitrogens with zero attached hydrogens (tertiary/aromatic N) is 1. The van der Waals surface area contributed by atoms with Gasteiger partial charge in [0, 0.05) is 25.9 Å². The summed E-state index contributed by atoms with van der Waals surface area (Å²) < 4.78 is 15.7. The molecule has 0 fully saturated rings. The van der Waals surface area contributed by atoms with Gasteiger partial charge in [0.05, 0.1) is 26.4 Å². The van der Waals surface area contributed by atoms with E-state index in [1.54, 1.807) is 7.05 Å². The van der Waals surface area contributed by atoms with Crippen LogP contribution >= 0.6 is 10.0 Å². The Kier molecular flexibility index (Phi) is 10.9. The molecule has 0 rings (SSSR count). The molecule has 0 aliphatic heterocycles. The smallest absolute Gasteiger partial charge is 0.409 e. The van der Waals surface area contributed by atoms with Crippen molar-refractivity contribution in [1.82, 2.24) is 4.90 Å². The zero-order chi connectivity index (χ0) is 15.4. The van der Waals surface area contributed by atoms with Crippen molar-refractivity contribution >= 4 is 16.1 Å². The van der Waals surface area contributed by atoms with Gasteiger partial charge in [-0.15, -0.1) is 0 Å². The molecule has 20 heavy (non-hydrogen) atoms. The Balaban J connectivity index is 3.51. The Hall–Kier alpha value is -0.500. The van der Waals surface area contributed by atoms with Gasteiger partial charge in [0.1, 0.15) is 6.61 Å². The molecule has 0 aliphatic carbocycles. The first kappa shape index (κ1) is 19.5. The summed E-state index contributed by atoms with van der Waals surface area (Å²) >= 11 is 0.